The molecule has 3 saturated heterocycles. The van der Waals surface area contributed by atoms with Crippen LogP contribution in [0.25, 0.3) is 0 Å². The topological polar surface area (TPSA) is 102 Å². The fourth-order valence-corrected chi connectivity index (χ4v) is 6.23. The van der Waals surface area contributed by atoms with E-state index in [1.165, 1.54) is 57.7 Å². The average molecular weight is 989 g/mol. The Kier molecular flexibility index (Phi) is 32.5. The number of benzene rings is 3. The van der Waals surface area contributed by atoms with Crippen molar-refractivity contribution in [3.63, 3.8) is 0 Å². The van der Waals surface area contributed by atoms with Gasteiger partial charge in [-0.2, -0.15) is 12.1 Å². The molecule has 3 aromatic carbocycles. The minimum atomic E-state index is -0.526. The molecule has 0 aliphatic carbocycles. The van der Waals surface area contributed by atoms with Gasteiger partial charge in [-0.05, 0) is 105 Å². The molecule has 0 bridgehead atoms. The van der Waals surface area contributed by atoms with Crippen molar-refractivity contribution in [2.24, 2.45) is 0 Å². The zero-order chi connectivity index (χ0) is 42.0. The van der Waals surface area contributed by atoms with Crippen molar-refractivity contribution in [3.8, 4) is 0 Å². The largest absolute Gasteiger partial charge is 2.00 e. The summed E-state index contributed by atoms with van der Waals surface area (Å²) in [5.74, 6) is -0.800. The van der Waals surface area contributed by atoms with Crippen LogP contribution in [0.15, 0.2) is 59.1 Å². The van der Waals surface area contributed by atoms with Crippen molar-refractivity contribution < 1.29 is 81.8 Å². The molecular formula is C41H57B2Br2F3MgO11. The van der Waals surface area contributed by atoms with Gasteiger partial charge in [0.1, 0.15) is 11.6 Å². The van der Waals surface area contributed by atoms with Crippen LogP contribution in [0.4, 0.5) is 13.2 Å². The van der Waals surface area contributed by atoms with Crippen LogP contribution in [0.1, 0.15) is 74.5 Å². The second kappa shape index (κ2) is 34.3. The summed E-state index contributed by atoms with van der Waals surface area (Å²) in [7, 11) is 6.59. The number of rotatable bonds is 15. The van der Waals surface area contributed by atoms with Crippen molar-refractivity contribution in [1.29, 1.82) is 0 Å². The predicted octanol–water partition coefficient (Wildman–Crippen LogP) is 4.69. The Morgan fingerprint density at radius 2 is 1.05 bits per heavy atom. The van der Waals surface area contributed by atoms with E-state index in [-0.39, 0.29) is 83.0 Å². The minimum absolute atomic E-state index is 0. The first-order chi connectivity index (χ1) is 28.2. The molecule has 11 nitrogen and oxygen atoms in total. The molecule has 3 heterocycles. The van der Waals surface area contributed by atoms with Gasteiger partial charge in [0.2, 0.25) is 0 Å². The van der Waals surface area contributed by atoms with E-state index < -0.39 is 14.4 Å². The van der Waals surface area contributed by atoms with Crippen molar-refractivity contribution in [2.75, 3.05) is 55.4 Å². The van der Waals surface area contributed by atoms with Crippen LogP contribution in [-0.4, -0.2) is 112 Å². The summed E-state index contributed by atoms with van der Waals surface area (Å²) in [6.07, 6.45) is 8.90. The van der Waals surface area contributed by atoms with E-state index in [1.807, 2.05) is 0 Å². The van der Waals surface area contributed by atoms with E-state index in [0.717, 1.165) is 98.7 Å². The van der Waals surface area contributed by atoms with Crippen molar-refractivity contribution in [1.82, 2.24) is 0 Å². The maximum Gasteiger partial charge on any atom is 2.00 e. The van der Waals surface area contributed by atoms with E-state index >= 15 is 0 Å². The Hall–Kier alpha value is -1.13. The molecule has 0 N–H and O–H groups in total. The average Bonchev–Trinajstić information content (AvgIpc) is 3.26. The summed E-state index contributed by atoms with van der Waals surface area (Å²) in [6.45, 7) is 3.26. The number of halogens is 5. The second-order valence-corrected chi connectivity index (χ2v) is 14.1. The monoisotopic (exact) mass is 986 g/mol. The van der Waals surface area contributed by atoms with Gasteiger partial charge in [0, 0.05) is 65.7 Å². The third-order valence-electron chi connectivity index (χ3n) is 8.88. The molecule has 0 aromatic heterocycles. The molecule has 330 valence electrons. The quantitative estimate of drug-likeness (QED) is 0.157. The molecule has 3 unspecified atom stereocenters. The van der Waals surface area contributed by atoms with Gasteiger partial charge in [0.05, 0.1) is 19.8 Å². The Labute approximate surface area is 389 Å². The van der Waals surface area contributed by atoms with Crippen LogP contribution in [0.5, 0.6) is 0 Å². The van der Waals surface area contributed by atoms with Crippen LogP contribution in [0.3, 0.4) is 0 Å². The molecule has 3 fully saturated rings. The molecule has 6 rings (SSSR count). The molecule has 3 aliphatic rings. The molecule has 19 heteroatoms. The van der Waals surface area contributed by atoms with Crippen LogP contribution in [-0.2, 0) is 71.5 Å². The number of hydrogen-bond donors (Lipinski definition) is 0. The third kappa shape index (κ3) is 23.0. The molecule has 60 heavy (non-hydrogen) atoms. The first-order valence-electron chi connectivity index (χ1n) is 19.4. The number of ether oxygens (including phenoxy) is 6. The van der Waals surface area contributed by atoms with Gasteiger partial charge in [-0.15, -0.1) is 17.7 Å². The van der Waals surface area contributed by atoms with E-state index in [2.05, 4.69) is 36.0 Å². The SMILES string of the molecule is COB(OC)OC.COB(OC)c1ccc(F)cc1COC1CCCCO1.Fc1cc[c-]c(COC2CCCCO2)c1.Fc1ccc(Br)c(COC2CCCCO2)c1.[Br-].[Mg+2]. The Bertz CT molecular complexity index is 1530. The van der Waals surface area contributed by atoms with Crippen LogP contribution in [0, 0.1) is 23.5 Å². The van der Waals surface area contributed by atoms with Crippen LogP contribution < -0.4 is 22.4 Å². The maximum absolute atomic E-state index is 13.4. The van der Waals surface area contributed by atoms with E-state index in [9.17, 15) is 13.2 Å². The van der Waals surface area contributed by atoms with Gasteiger partial charge in [-0.3, -0.25) is 0 Å². The fourth-order valence-electron chi connectivity index (χ4n) is 5.87. The Morgan fingerprint density at radius 1 is 0.600 bits per heavy atom. The zero-order valence-corrected chi connectivity index (χ0v) is 39.9. The Balaban J connectivity index is 0.000000414. The third-order valence-corrected chi connectivity index (χ3v) is 9.66. The number of hydrogen-bond acceptors (Lipinski definition) is 11. The summed E-state index contributed by atoms with van der Waals surface area (Å²) in [4.78, 5) is 0. The molecule has 0 amide bonds. The van der Waals surface area contributed by atoms with Gasteiger partial charge in [-0.25, -0.2) is 13.2 Å². The summed E-state index contributed by atoms with van der Waals surface area (Å²) in [6, 6.07) is 16.4. The van der Waals surface area contributed by atoms with Crippen molar-refractivity contribution in [3.05, 3.63) is 99.3 Å². The molecule has 3 aromatic rings. The summed E-state index contributed by atoms with van der Waals surface area (Å²) < 4.78 is 97.5. The first-order valence-corrected chi connectivity index (χ1v) is 20.2. The minimum Gasteiger partial charge on any atom is -1.00 e. The molecule has 0 saturated carbocycles. The van der Waals surface area contributed by atoms with E-state index in [0.29, 0.717) is 18.8 Å². The second-order valence-electron chi connectivity index (χ2n) is 13.2. The van der Waals surface area contributed by atoms with Gasteiger partial charge in [0.15, 0.2) is 18.9 Å². The van der Waals surface area contributed by atoms with E-state index in [1.54, 1.807) is 32.4 Å². The summed E-state index contributed by atoms with van der Waals surface area (Å²) in [5, 5.41) is 0. The molecule has 3 atom stereocenters. The Morgan fingerprint density at radius 3 is 1.48 bits per heavy atom. The summed E-state index contributed by atoms with van der Waals surface area (Å²) >= 11 is 3.37. The molecule has 3 aliphatic heterocycles. The fraction of sp³-hybridized carbons (Fsp3) is 0.561. The van der Waals surface area contributed by atoms with Crippen molar-refractivity contribution in [2.45, 2.75) is 96.5 Å². The normalized spacial score (nSPS) is 18.4. The molecule has 0 spiro atoms. The van der Waals surface area contributed by atoms with Gasteiger partial charge >= 0.3 is 37.5 Å². The zero-order valence-electron chi connectivity index (χ0n) is 35.3. The van der Waals surface area contributed by atoms with Gasteiger partial charge in [0.25, 0.3) is 0 Å². The van der Waals surface area contributed by atoms with E-state index in [4.69, 9.17) is 37.7 Å². The molecule has 0 radical (unpaired) electrons. The first kappa shape index (κ1) is 56.9. The van der Waals surface area contributed by atoms with Crippen molar-refractivity contribution >= 4 is 58.9 Å². The van der Waals surface area contributed by atoms with Gasteiger partial charge < -0.3 is 68.7 Å². The predicted molar refractivity (Wildman–Crippen MR) is 223 cm³/mol. The van der Waals surface area contributed by atoms with Gasteiger partial charge in [-0.1, -0.05) is 22.0 Å². The summed E-state index contributed by atoms with van der Waals surface area (Å²) in [5.41, 5.74) is 3.03. The maximum atomic E-state index is 13.4. The smallest absolute Gasteiger partial charge is 1.00 e. The molecular weight excluding hydrogens is 931 g/mol. The van der Waals surface area contributed by atoms with Crippen LogP contribution >= 0.6 is 15.9 Å². The van der Waals surface area contributed by atoms with Crippen LogP contribution in [0.2, 0.25) is 0 Å². The standard InChI is InChI=1S/C14H20BFO4.C12H14BrFO2.C12H14FO2.C3H9BO3.BrH.Mg/c1-17-15(18-2)13-7-6-12(16)9-11(13)10-20-14-5-3-4-8-19-14;13-11-5-4-10(14)7-9(11)8-16-12-3-1-2-6-15-12;13-11-5-3-4-10(8-11)9-15-12-6-1-2-7-14-12;1-5-4(6-2)7-3;;/h6-7,9,14H,3-5,8,10H2,1-2H3;4-5,7,12H,1-3,6,8H2;3,5,8,12H,1-2,6-7,9H2;1-3H3;1H;/q;;-1;;;+2/p-1.